The van der Waals surface area contributed by atoms with Crippen LogP contribution in [-0.4, -0.2) is 30.8 Å². The molecule has 2 rings (SSSR count). The molecule has 1 aliphatic rings. The lowest BCUT2D eigenvalue weighted by molar-refractivity contribution is 0.0664. The third kappa shape index (κ3) is 3.21. The van der Waals surface area contributed by atoms with Gasteiger partial charge in [-0.15, -0.1) is 0 Å². The van der Waals surface area contributed by atoms with Crippen LogP contribution < -0.4 is 4.90 Å². The Morgan fingerprint density at radius 2 is 2.17 bits per heavy atom. The second-order valence-electron chi connectivity index (χ2n) is 4.27. The van der Waals surface area contributed by atoms with Crippen LogP contribution in [-0.2, 0) is 4.74 Å². The second kappa shape index (κ2) is 6.29. The number of nitrogens with zero attached hydrogens (tertiary/aromatic N) is 2. The summed E-state index contributed by atoms with van der Waals surface area (Å²) in [6, 6.07) is 1.64. The summed E-state index contributed by atoms with van der Waals surface area (Å²) in [5.74, 6) is 0.690. The van der Waals surface area contributed by atoms with Gasteiger partial charge >= 0.3 is 0 Å². The summed E-state index contributed by atoms with van der Waals surface area (Å²) in [5, 5.41) is 1.19. The lowest BCUT2D eigenvalue weighted by atomic mass is 10.2. The molecular weight excluding hydrogens is 295 g/mol. The monoisotopic (exact) mass is 308 g/mol. The SMILES string of the molecule is CCC1CN(c2nc(Cl)c(Cl)cc2Cl)CCCO1. The first-order valence-electron chi connectivity index (χ1n) is 6.00. The normalized spacial score (nSPS) is 20.9. The number of rotatable bonds is 2. The maximum Gasteiger partial charge on any atom is 0.150 e. The van der Waals surface area contributed by atoms with Crippen LogP contribution in [0.3, 0.4) is 0 Å². The van der Waals surface area contributed by atoms with Crippen molar-refractivity contribution in [3.63, 3.8) is 0 Å². The van der Waals surface area contributed by atoms with Gasteiger partial charge in [0.2, 0.25) is 0 Å². The average molecular weight is 310 g/mol. The van der Waals surface area contributed by atoms with Crippen molar-refractivity contribution in [2.45, 2.75) is 25.9 Å². The van der Waals surface area contributed by atoms with Crippen molar-refractivity contribution in [3.8, 4) is 0 Å². The van der Waals surface area contributed by atoms with Crippen molar-refractivity contribution < 1.29 is 4.74 Å². The maximum atomic E-state index is 6.19. The smallest absolute Gasteiger partial charge is 0.150 e. The van der Waals surface area contributed by atoms with E-state index in [1.54, 1.807) is 6.07 Å². The molecule has 1 saturated heterocycles. The molecule has 0 aromatic carbocycles. The lowest BCUT2D eigenvalue weighted by Gasteiger charge is -2.25. The first kappa shape index (κ1) is 14.2. The van der Waals surface area contributed by atoms with Crippen LogP contribution in [0.1, 0.15) is 19.8 Å². The molecule has 0 amide bonds. The van der Waals surface area contributed by atoms with Gasteiger partial charge in [0.25, 0.3) is 0 Å². The van der Waals surface area contributed by atoms with E-state index in [1.807, 2.05) is 0 Å². The molecule has 1 aliphatic heterocycles. The molecule has 1 aromatic rings. The zero-order valence-corrected chi connectivity index (χ0v) is 12.4. The molecule has 6 heteroatoms. The molecule has 1 unspecified atom stereocenters. The Bertz CT molecular complexity index is 428. The number of hydrogen-bond donors (Lipinski definition) is 0. The van der Waals surface area contributed by atoms with Gasteiger partial charge in [-0.25, -0.2) is 4.98 Å². The minimum atomic E-state index is 0.208. The molecule has 2 heterocycles. The summed E-state index contributed by atoms with van der Waals surface area (Å²) in [7, 11) is 0. The molecule has 0 bridgehead atoms. The van der Waals surface area contributed by atoms with E-state index in [-0.39, 0.29) is 11.3 Å². The van der Waals surface area contributed by atoms with Gasteiger partial charge in [-0.05, 0) is 18.9 Å². The third-order valence-electron chi connectivity index (χ3n) is 2.97. The first-order chi connectivity index (χ1) is 8.61. The van der Waals surface area contributed by atoms with E-state index in [9.17, 15) is 0 Å². The predicted molar refractivity (Wildman–Crippen MR) is 76.1 cm³/mol. The van der Waals surface area contributed by atoms with Crippen molar-refractivity contribution in [2.24, 2.45) is 0 Å². The fourth-order valence-electron chi connectivity index (χ4n) is 1.99. The highest BCUT2D eigenvalue weighted by molar-refractivity contribution is 6.42. The maximum absolute atomic E-state index is 6.19. The zero-order valence-electron chi connectivity index (χ0n) is 10.1. The number of aromatic nitrogens is 1. The van der Waals surface area contributed by atoms with E-state index in [2.05, 4.69) is 16.8 Å². The molecule has 1 aromatic heterocycles. The molecule has 100 valence electrons. The van der Waals surface area contributed by atoms with Crippen LogP contribution >= 0.6 is 34.8 Å². The first-order valence-corrected chi connectivity index (χ1v) is 7.13. The lowest BCUT2D eigenvalue weighted by Crippen LogP contribution is -2.32. The molecule has 3 nitrogen and oxygen atoms in total. The van der Waals surface area contributed by atoms with Crippen molar-refractivity contribution in [1.29, 1.82) is 0 Å². The molecule has 0 spiro atoms. The highest BCUT2D eigenvalue weighted by Crippen LogP contribution is 2.32. The van der Waals surface area contributed by atoms with Gasteiger partial charge < -0.3 is 9.64 Å². The third-order valence-corrected chi connectivity index (χ3v) is 3.92. The van der Waals surface area contributed by atoms with E-state index >= 15 is 0 Å². The van der Waals surface area contributed by atoms with E-state index in [0.29, 0.717) is 15.9 Å². The van der Waals surface area contributed by atoms with Crippen molar-refractivity contribution in [3.05, 3.63) is 21.3 Å². The molecular formula is C12H15Cl3N2O. The fraction of sp³-hybridized carbons (Fsp3) is 0.583. The van der Waals surface area contributed by atoms with Gasteiger partial charge in [0, 0.05) is 19.7 Å². The van der Waals surface area contributed by atoms with E-state index < -0.39 is 0 Å². The van der Waals surface area contributed by atoms with Gasteiger partial charge in [0.15, 0.2) is 0 Å². The minimum Gasteiger partial charge on any atom is -0.376 e. The number of halogens is 3. The Labute approximate surface area is 122 Å². The van der Waals surface area contributed by atoms with Crippen LogP contribution in [0.4, 0.5) is 5.82 Å². The summed E-state index contributed by atoms with van der Waals surface area (Å²) in [4.78, 5) is 6.40. The van der Waals surface area contributed by atoms with Crippen LogP contribution in [0, 0.1) is 0 Å². The number of pyridine rings is 1. The second-order valence-corrected chi connectivity index (χ2v) is 5.44. The number of hydrogen-bond acceptors (Lipinski definition) is 3. The largest absolute Gasteiger partial charge is 0.376 e. The van der Waals surface area contributed by atoms with Crippen LogP contribution in [0.15, 0.2) is 6.07 Å². The van der Waals surface area contributed by atoms with Crippen LogP contribution in [0.2, 0.25) is 15.2 Å². The quantitative estimate of drug-likeness (QED) is 0.771. The van der Waals surface area contributed by atoms with Crippen LogP contribution in [0.5, 0.6) is 0 Å². The van der Waals surface area contributed by atoms with Gasteiger partial charge in [0.1, 0.15) is 11.0 Å². The Kier molecular flexibility index (Phi) is 4.96. The molecule has 1 fully saturated rings. The molecule has 0 saturated carbocycles. The molecule has 0 aliphatic carbocycles. The van der Waals surface area contributed by atoms with Gasteiger partial charge in [0.05, 0.1) is 16.1 Å². The van der Waals surface area contributed by atoms with Crippen molar-refractivity contribution >= 4 is 40.6 Å². The Balaban J connectivity index is 2.26. The summed E-state index contributed by atoms with van der Waals surface area (Å²) in [5.41, 5.74) is 0. The Morgan fingerprint density at radius 3 is 2.89 bits per heavy atom. The standard InChI is InChI=1S/C12H15Cl3N2O/c1-2-8-7-17(4-3-5-18-8)12-10(14)6-9(13)11(15)16-12/h6,8H,2-5,7H2,1H3. The van der Waals surface area contributed by atoms with E-state index in [0.717, 1.165) is 32.5 Å². The summed E-state index contributed by atoms with van der Waals surface area (Å²) < 4.78 is 5.73. The van der Waals surface area contributed by atoms with Crippen molar-refractivity contribution in [1.82, 2.24) is 4.98 Å². The molecule has 0 radical (unpaired) electrons. The average Bonchev–Trinajstić information content (AvgIpc) is 2.59. The number of anilines is 1. The summed E-state index contributed by atoms with van der Waals surface area (Å²) in [6.07, 6.45) is 2.13. The Morgan fingerprint density at radius 1 is 1.39 bits per heavy atom. The highest BCUT2D eigenvalue weighted by atomic mass is 35.5. The van der Waals surface area contributed by atoms with E-state index in [1.165, 1.54) is 0 Å². The highest BCUT2D eigenvalue weighted by Gasteiger charge is 2.21. The zero-order chi connectivity index (χ0) is 13.1. The van der Waals surface area contributed by atoms with Crippen LogP contribution in [0.25, 0.3) is 0 Å². The van der Waals surface area contributed by atoms with Gasteiger partial charge in [-0.1, -0.05) is 41.7 Å². The van der Waals surface area contributed by atoms with Gasteiger partial charge in [-0.3, -0.25) is 0 Å². The van der Waals surface area contributed by atoms with Crippen molar-refractivity contribution in [2.75, 3.05) is 24.6 Å². The minimum absolute atomic E-state index is 0.208. The Hall–Kier alpha value is -0.220. The number of ether oxygens (including phenoxy) is 1. The summed E-state index contributed by atoms with van der Waals surface area (Å²) in [6.45, 7) is 4.52. The molecule has 1 atom stereocenters. The molecule has 0 N–H and O–H groups in total. The van der Waals surface area contributed by atoms with E-state index in [4.69, 9.17) is 39.5 Å². The predicted octanol–water partition coefficient (Wildman–Crippen LogP) is 4.05. The van der Waals surface area contributed by atoms with Gasteiger partial charge in [-0.2, -0.15) is 0 Å². The topological polar surface area (TPSA) is 25.4 Å². The fourth-order valence-corrected chi connectivity index (χ4v) is 2.60. The molecule has 18 heavy (non-hydrogen) atoms. The summed E-state index contributed by atoms with van der Waals surface area (Å²) >= 11 is 18.0.